The molecule has 1 aliphatic heterocycles. The maximum Gasteiger partial charge on any atom is 0.303 e. The SMILES string of the molecule is CC(C1CC1)N1CC(N)CC(CCC(=O)O)C1. The monoisotopic (exact) mass is 240 g/mol. The predicted molar refractivity (Wildman–Crippen MR) is 66.7 cm³/mol. The van der Waals surface area contributed by atoms with Crippen LogP contribution in [0.5, 0.6) is 0 Å². The van der Waals surface area contributed by atoms with Crippen molar-refractivity contribution >= 4 is 5.97 Å². The first kappa shape index (κ1) is 12.8. The van der Waals surface area contributed by atoms with E-state index in [2.05, 4.69) is 11.8 Å². The molecule has 17 heavy (non-hydrogen) atoms. The van der Waals surface area contributed by atoms with Gasteiger partial charge in [0.1, 0.15) is 0 Å². The Bertz CT molecular complexity index is 279. The lowest BCUT2D eigenvalue weighted by Gasteiger charge is -2.40. The molecule has 1 heterocycles. The molecule has 0 amide bonds. The first-order valence-corrected chi connectivity index (χ1v) is 6.77. The number of hydrogen-bond donors (Lipinski definition) is 2. The van der Waals surface area contributed by atoms with Crippen LogP contribution in [0.1, 0.15) is 39.0 Å². The average molecular weight is 240 g/mol. The molecule has 3 unspecified atom stereocenters. The van der Waals surface area contributed by atoms with Gasteiger partial charge in [-0.15, -0.1) is 0 Å². The summed E-state index contributed by atoms with van der Waals surface area (Å²) in [6, 6.07) is 0.859. The largest absolute Gasteiger partial charge is 0.481 e. The number of likely N-dealkylation sites (tertiary alicyclic amines) is 1. The summed E-state index contributed by atoms with van der Waals surface area (Å²) >= 11 is 0. The van der Waals surface area contributed by atoms with Crippen LogP contribution in [0.3, 0.4) is 0 Å². The van der Waals surface area contributed by atoms with Gasteiger partial charge in [0.2, 0.25) is 0 Å². The van der Waals surface area contributed by atoms with E-state index in [1.807, 2.05) is 0 Å². The van der Waals surface area contributed by atoms with Crippen LogP contribution >= 0.6 is 0 Å². The van der Waals surface area contributed by atoms with E-state index in [4.69, 9.17) is 10.8 Å². The summed E-state index contributed by atoms with van der Waals surface area (Å²) in [7, 11) is 0. The van der Waals surface area contributed by atoms with Crippen molar-refractivity contribution in [1.29, 1.82) is 0 Å². The Kier molecular flexibility index (Phi) is 4.05. The minimum absolute atomic E-state index is 0.226. The summed E-state index contributed by atoms with van der Waals surface area (Å²) in [4.78, 5) is 13.1. The van der Waals surface area contributed by atoms with Gasteiger partial charge in [0.25, 0.3) is 0 Å². The zero-order valence-electron chi connectivity index (χ0n) is 10.6. The van der Waals surface area contributed by atoms with E-state index in [1.54, 1.807) is 0 Å². The van der Waals surface area contributed by atoms with Gasteiger partial charge in [0, 0.05) is 31.6 Å². The van der Waals surface area contributed by atoms with Crippen LogP contribution in [-0.2, 0) is 4.79 Å². The van der Waals surface area contributed by atoms with Crippen LogP contribution in [0.25, 0.3) is 0 Å². The molecule has 4 nitrogen and oxygen atoms in total. The van der Waals surface area contributed by atoms with E-state index in [1.165, 1.54) is 12.8 Å². The van der Waals surface area contributed by atoms with Gasteiger partial charge in [-0.2, -0.15) is 0 Å². The lowest BCUT2D eigenvalue weighted by atomic mass is 9.89. The van der Waals surface area contributed by atoms with Crippen LogP contribution in [0.4, 0.5) is 0 Å². The first-order valence-electron chi connectivity index (χ1n) is 6.77. The lowest BCUT2D eigenvalue weighted by Crippen LogP contribution is -2.51. The van der Waals surface area contributed by atoms with Crippen molar-refractivity contribution in [1.82, 2.24) is 4.90 Å². The quantitative estimate of drug-likeness (QED) is 0.760. The van der Waals surface area contributed by atoms with Crippen molar-refractivity contribution in [3.63, 3.8) is 0 Å². The Morgan fingerprint density at radius 3 is 2.76 bits per heavy atom. The summed E-state index contributed by atoms with van der Waals surface area (Å²) in [5.41, 5.74) is 6.09. The van der Waals surface area contributed by atoms with Gasteiger partial charge in [-0.3, -0.25) is 9.69 Å². The second kappa shape index (κ2) is 5.36. The number of carboxylic acid groups (broad SMARTS) is 1. The smallest absolute Gasteiger partial charge is 0.303 e. The molecule has 0 aromatic rings. The summed E-state index contributed by atoms with van der Waals surface area (Å²) < 4.78 is 0. The van der Waals surface area contributed by atoms with Crippen LogP contribution in [0, 0.1) is 11.8 Å². The fourth-order valence-electron chi connectivity index (χ4n) is 3.03. The Morgan fingerprint density at radius 2 is 2.18 bits per heavy atom. The van der Waals surface area contributed by atoms with Crippen molar-refractivity contribution in [3.05, 3.63) is 0 Å². The Balaban J connectivity index is 1.84. The van der Waals surface area contributed by atoms with Crippen molar-refractivity contribution in [2.45, 2.75) is 51.1 Å². The van der Waals surface area contributed by atoms with Crippen LogP contribution in [0.2, 0.25) is 0 Å². The normalized spacial score (nSPS) is 32.4. The van der Waals surface area contributed by atoms with Crippen LogP contribution in [0.15, 0.2) is 0 Å². The van der Waals surface area contributed by atoms with Crippen molar-refractivity contribution in [2.75, 3.05) is 13.1 Å². The number of nitrogens with zero attached hydrogens (tertiary/aromatic N) is 1. The zero-order valence-corrected chi connectivity index (χ0v) is 10.6. The first-order chi connectivity index (χ1) is 8.06. The van der Waals surface area contributed by atoms with Gasteiger partial charge >= 0.3 is 5.97 Å². The fraction of sp³-hybridized carbons (Fsp3) is 0.923. The summed E-state index contributed by atoms with van der Waals surface area (Å²) in [6.45, 7) is 4.32. The number of carboxylic acids is 1. The molecular formula is C13H24N2O2. The number of carbonyl (C=O) groups is 1. The fourth-order valence-corrected chi connectivity index (χ4v) is 3.03. The van der Waals surface area contributed by atoms with Crippen LogP contribution < -0.4 is 5.73 Å². The standard InChI is InChI=1S/C13H24N2O2/c1-9(11-3-4-11)15-7-10(2-5-13(16)17)6-12(14)8-15/h9-12H,2-8,14H2,1H3,(H,16,17). The Labute approximate surface area is 103 Å². The van der Waals surface area contributed by atoms with E-state index >= 15 is 0 Å². The van der Waals surface area contributed by atoms with Gasteiger partial charge in [-0.25, -0.2) is 0 Å². The summed E-state index contributed by atoms with van der Waals surface area (Å²) in [6.07, 6.45) is 4.75. The molecule has 0 radical (unpaired) electrons. The van der Waals surface area contributed by atoms with Crippen molar-refractivity contribution in [2.24, 2.45) is 17.6 Å². The molecule has 4 heteroatoms. The number of aliphatic carboxylic acids is 1. The van der Waals surface area contributed by atoms with Gasteiger partial charge in [0.15, 0.2) is 0 Å². The van der Waals surface area contributed by atoms with Gasteiger partial charge < -0.3 is 10.8 Å². The molecule has 0 bridgehead atoms. The number of nitrogens with two attached hydrogens (primary N) is 1. The van der Waals surface area contributed by atoms with E-state index in [-0.39, 0.29) is 12.5 Å². The highest BCUT2D eigenvalue weighted by Gasteiger charge is 2.35. The molecule has 2 aliphatic rings. The molecule has 0 aromatic heterocycles. The lowest BCUT2D eigenvalue weighted by molar-refractivity contribution is -0.137. The molecule has 2 rings (SSSR count). The van der Waals surface area contributed by atoms with E-state index in [0.29, 0.717) is 12.0 Å². The highest BCUT2D eigenvalue weighted by molar-refractivity contribution is 5.66. The highest BCUT2D eigenvalue weighted by atomic mass is 16.4. The topological polar surface area (TPSA) is 66.6 Å². The van der Waals surface area contributed by atoms with E-state index < -0.39 is 5.97 Å². The molecule has 0 spiro atoms. The molecular weight excluding hydrogens is 216 g/mol. The third-order valence-electron chi connectivity index (χ3n) is 4.24. The minimum Gasteiger partial charge on any atom is -0.481 e. The van der Waals surface area contributed by atoms with Gasteiger partial charge in [-0.1, -0.05) is 0 Å². The molecule has 1 saturated carbocycles. The summed E-state index contributed by atoms with van der Waals surface area (Å²) in [5.74, 6) is 0.641. The maximum atomic E-state index is 10.6. The van der Waals surface area contributed by atoms with Crippen LogP contribution in [-0.4, -0.2) is 41.1 Å². The molecule has 98 valence electrons. The summed E-state index contributed by atoms with van der Waals surface area (Å²) in [5, 5.41) is 8.74. The Hall–Kier alpha value is -0.610. The average Bonchev–Trinajstić information content (AvgIpc) is 3.08. The number of hydrogen-bond acceptors (Lipinski definition) is 3. The predicted octanol–water partition coefficient (Wildman–Crippen LogP) is 1.30. The van der Waals surface area contributed by atoms with Crippen molar-refractivity contribution < 1.29 is 9.90 Å². The highest BCUT2D eigenvalue weighted by Crippen LogP contribution is 2.36. The van der Waals surface area contributed by atoms with E-state index in [0.717, 1.165) is 31.8 Å². The van der Waals surface area contributed by atoms with Gasteiger partial charge in [-0.05, 0) is 44.4 Å². The zero-order chi connectivity index (χ0) is 12.4. The molecule has 2 fully saturated rings. The van der Waals surface area contributed by atoms with Crippen molar-refractivity contribution in [3.8, 4) is 0 Å². The number of piperidine rings is 1. The third-order valence-corrected chi connectivity index (χ3v) is 4.24. The molecule has 1 saturated heterocycles. The Morgan fingerprint density at radius 1 is 1.47 bits per heavy atom. The molecule has 3 N–H and O–H groups in total. The number of rotatable bonds is 5. The van der Waals surface area contributed by atoms with E-state index in [9.17, 15) is 4.79 Å². The minimum atomic E-state index is -0.689. The van der Waals surface area contributed by atoms with Gasteiger partial charge in [0.05, 0.1) is 0 Å². The maximum absolute atomic E-state index is 10.6. The second-order valence-electron chi connectivity index (χ2n) is 5.83. The molecule has 0 aromatic carbocycles. The third kappa shape index (κ3) is 3.68. The molecule has 1 aliphatic carbocycles. The second-order valence-corrected chi connectivity index (χ2v) is 5.83. The molecule has 3 atom stereocenters.